The summed E-state index contributed by atoms with van der Waals surface area (Å²) in [5.74, 6) is -0.804. The summed E-state index contributed by atoms with van der Waals surface area (Å²) in [6.07, 6.45) is 0. The lowest BCUT2D eigenvalue weighted by Gasteiger charge is -2.12. The summed E-state index contributed by atoms with van der Waals surface area (Å²) in [6, 6.07) is 4.19. The van der Waals surface area contributed by atoms with Gasteiger partial charge in [0.05, 0.1) is 10.6 Å². The Morgan fingerprint density at radius 3 is 2.76 bits per heavy atom. The highest BCUT2D eigenvalue weighted by Crippen LogP contribution is 2.18. The minimum atomic E-state index is -0.601. The third kappa shape index (κ3) is 3.98. The Bertz CT molecular complexity index is 378. The average Bonchev–Trinajstić information content (AvgIpc) is 2.26. The van der Waals surface area contributed by atoms with Crippen molar-refractivity contribution in [2.75, 3.05) is 20.1 Å². The number of benzene rings is 1. The summed E-state index contributed by atoms with van der Waals surface area (Å²) in [4.78, 5) is 11.7. The highest BCUT2D eigenvalue weighted by molar-refractivity contribution is 6.33. The van der Waals surface area contributed by atoms with E-state index < -0.39 is 11.7 Å². The molecule has 1 rings (SSSR count). The Morgan fingerprint density at radius 2 is 2.18 bits per heavy atom. The van der Waals surface area contributed by atoms with E-state index in [2.05, 4.69) is 10.6 Å². The molecule has 17 heavy (non-hydrogen) atoms. The number of halogens is 2. The van der Waals surface area contributed by atoms with E-state index in [0.717, 1.165) is 6.54 Å². The summed E-state index contributed by atoms with van der Waals surface area (Å²) in [7, 11) is 1.84. The zero-order chi connectivity index (χ0) is 12.8. The van der Waals surface area contributed by atoms with E-state index in [1.54, 1.807) is 0 Å². The Hall–Kier alpha value is -1.13. The highest BCUT2D eigenvalue weighted by atomic mass is 35.5. The van der Waals surface area contributed by atoms with Crippen LogP contribution in [0.4, 0.5) is 4.39 Å². The predicted molar refractivity (Wildman–Crippen MR) is 66.8 cm³/mol. The minimum Gasteiger partial charge on any atom is -0.352 e. The van der Waals surface area contributed by atoms with E-state index in [9.17, 15) is 9.18 Å². The fourth-order valence-electron chi connectivity index (χ4n) is 1.49. The van der Waals surface area contributed by atoms with Crippen LogP contribution in [-0.2, 0) is 0 Å². The van der Waals surface area contributed by atoms with Gasteiger partial charge in [0, 0.05) is 6.54 Å². The topological polar surface area (TPSA) is 41.1 Å². The van der Waals surface area contributed by atoms with Gasteiger partial charge < -0.3 is 10.6 Å². The summed E-state index contributed by atoms with van der Waals surface area (Å²) in [5, 5.41) is 5.79. The van der Waals surface area contributed by atoms with Gasteiger partial charge in [-0.25, -0.2) is 4.39 Å². The zero-order valence-corrected chi connectivity index (χ0v) is 10.6. The van der Waals surface area contributed by atoms with E-state index >= 15 is 0 Å². The molecule has 94 valence electrons. The van der Waals surface area contributed by atoms with Crippen molar-refractivity contribution in [3.63, 3.8) is 0 Å². The molecule has 0 aliphatic carbocycles. The van der Waals surface area contributed by atoms with Crippen molar-refractivity contribution in [1.29, 1.82) is 0 Å². The maximum absolute atomic E-state index is 13.4. The van der Waals surface area contributed by atoms with Crippen LogP contribution in [0.2, 0.25) is 5.02 Å². The van der Waals surface area contributed by atoms with Crippen LogP contribution in [0.1, 0.15) is 17.3 Å². The van der Waals surface area contributed by atoms with Gasteiger partial charge in [0.2, 0.25) is 0 Å². The number of nitrogens with one attached hydrogen (secondary N) is 2. The molecule has 1 atom stereocenters. The Balaban J connectivity index is 2.64. The molecule has 1 unspecified atom stereocenters. The van der Waals surface area contributed by atoms with Crippen molar-refractivity contribution >= 4 is 17.5 Å². The fraction of sp³-hybridized carbons (Fsp3) is 0.417. The molecule has 5 heteroatoms. The third-order valence-corrected chi connectivity index (χ3v) is 2.67. The second kappa shape index (κ2) is 6.57. The van der Waals surface area contributed by atoms with Crippen molar-refractivity contribution < 1.29 is 9.18 Å². The molecule has 0 radical (unpaired) electrons. The maximum Gasteiger partial charge on any atom is 0.255 e. The first-order valence-corrected chi connectivity index (χ1v) is 5.81. The molecule has 1 aromatic rings. The molecule has 0 heterocycles. The molecule has 0 aliphatic rings. The standard InChI is InChI=1S/C12H16ClFN2O/c1-8(6-15-2)7-16-12(17)11-9(13)4-3-5-10(11)14/h3-5,8,15H,6-7H2,1-2H3,(H,16,17). The quantitative estimate of drug-likeness (QED) is 0.849. The summed E-state index contributed by atoms with van der Waals surface area (Å²) in [6.45, 7) is 3.25. The Labute approximate surface area is 105 Å². The number of hydrogen-bond donors (Lipinski definition) is 2. The number of hydrogen-bond acceptors (Lipinski definition) is 2. The van der Waals surface area contributed by atoms with Gasteiger partial charge in [-0.05, 0) is 31.6 Å². The molecule has 0 saturated heterocycles. The molecule has 1 amide bonds. The number of rotatable bonds is 5. The molecule has 0 aromatic heterocycles. The van der Waals surface area contributed by atoms with Gasteiger partial charge in [-0.3, -0.25) is 4.79 Å². The van der Waals surface area contributed by atoms with Gasteiger partial charge in [-0.1, -0.05) is 24.6 Å². The smallest absolute Gasteiger partial charge is 0.255 e. The molecule has 2 N–H and O–H groups in total. The predicted octanol–water partition coefficient (Wildman–Crippen LogP) is 2.06. The molecular formula is C12H16ClFN2O. The van der Waals surface area contributed by atoms with Crippen molar-refractivity contribution in [2.24, 2.45) is 5.92 Å². The largest absolute Gasteiger partial charge is 0.352 e. The first-order chi connectivity index (χ1) is 8.06. The van der Waals surface area contributed by atoms with Crippen LogP contribution < -0.4 is 10.6 Å². The van der Waals surface area contributed by atoms with Crippen molar-refractivity contribution in [3.8, 4) is 0 Å². The van der Waals surface area contributed by atoms with Gasteiger partial charge in [0.15, 0.2) is 0 Å². The molecule has 0 spiro atoms. The van der Waals surface area contributed by atoms with Crippen LogP contribution in [0.15, 0.2) is 18.2 Å². The highest BCUT2D eigenvalue weighted by Gasteiger charge is 2.15. The van der Waals surface area contributed by atoms with Crippen molar-refractivity contribution in [3.05, 3.63) is 34.6 Å². The second-order valence-corrected chi connectivity index (χ2v) is 4.38. The van der Waals surface area contributed by atoms with E-state index in [0.29, 0.717) is 6.54 Å². The van der Waals surface area contributed by atoms with Crippen LogP contribution in [-0.4, -0.2) is 26.0 Å². The number of carbonyl (C=O) groups excluding carboxylic acids is 1. The van der Waals surface area contributed by atoms with E-state index in [1.165, 1.54) is 18.2 Å². The first kappa shape index (κ1) is 13.9. The van der Waals surface area contributed by atoms with Gasteiger partial charge >= 0.3 is 0 Å². The molecule has 0 bridgehead atoms. The van der Waals surface area contributed by atoms with Crippen LogP contribution in [0, 0.1) is 11.7 Å². The molecule has 0 fully saturated rings. The normalized spacial score (nSPS) is 12.2. The van der Waals surface area contributed by atoms with E-state index in [-0.39, 0.29) is 16.5 Å². The number of amides is 1. The van der Waals surface area contributed by atoms with E-state index in [4.69, 9.17) is 11.6 Å². The van der Waals surface area contributed by atoms with Crippen LogP contribution in [0.5, 0.6) is 0 Å². The first-order valence-electron chi connectivity index (χ1n) is 5.43. The summed E-state index contributed by atoms with van der Waals surface area (Å²) < 4.78 is 13.4. The summed E-state index contributed by atoms with van der Waals surface area (Å²) in [5.41, 5.74) is -0.0918. The van der Waals surface area contributed by atoms with Crippen molar-refractivity contribution in [1.82, 2.24) is 10.6 Å². The monoisotopic (exact) mass is 258 g/mol. The fourth-order valence-corrected chi connectivity index (χ4v) is 1.74. The lowest BCUT2D eigenvalue weighted by atomic mass is 10.1. The minimum absolute atomic E-state index is 0.0918. The van der Waals surface area contributed by atoms with Crippen molar-refractivity contribution in [2.45, 2.75) is 6.92 Å². The van der Waals surface area contributed by atoms with Crippen LogP contribution >= 0.6 is 11.6 Å². The van der Waals surface area contributed by atoms with Gasteiger partial charge in [-0.15, -0.1) is 0 Å². The van der Waals surface area contributed by atoms with Gasteiger partial charge in [0.25, 0.3) is 5.91 Å². The average molecular weight is 259 g/mol. The van der Waals surface area contributed by atoms with Crippen LogP contribution in [0.3, 0.4) is 0 Å². The second-order valence-electron chi connectivity index (χ2n) is 3.97. The molecule has 3 nitrogen and oxygen atoms in total. The molecule has 0 saturated carbocycles. The lowest BCUT2D eigenvalue weighted by molar-refractivity contribution is 0.0944. The molecule has 1 aromatic carbocycles. The van der Waals surface area contributed by atoms with Gasteiger partial charge in [0.1, 0.15) is 5.82 Å². The molecule has 0 aliphatic heterocycles. The zero-order valence-electron chi connectivity index (χ0n) is 9.89. The third-order valence-electron chi connectivity index (χ3n) is 2.35. The van der Waals surface area contributed by atoms with E-state index in [1.807, 2.05) is 14.0 Å². The Kier molecular flexibility index (Phi) is 5.38. The van der Waals surface area contributed by atoms with Gasteiger partial charge in [-0.2, -0.15) is 0 Å². The Morgan fingerprint density at radius 1 is 1.47 bits per heavy atom. The van der Waals surface area contributed by atoms with Crippen LogP contribution in [0.25, 0.3) is 0 Å². The summed E-state index contributed by atoms with van der Waals surface area (Å²) >= 11 is 5.79. The molecular weight excluding hydrogens is 243 g/mol. The maximum atomic E-state index is 13.4. The lowest BCUT2D eigenvalue weighted by Crippen LogP contribution is -2.32. The number of carbonyl (C=O) groups is 1. The SMILES string of the molecule is CNCC(C)CNC(=O)c1c(F)cccc1Cl.